The van der Waals surface area contributed by atoms with Gasteiger partial charge in [0.05, 0.1) is 0 Å². The molecule has 0 N–H and O–H groups in total. The van der Waals surface area contributed by atoms with Gasteiger partial charge < -0.3 is 4.43 Å². The minimum atomic E-state index is -1.64. The van der Waals surface area contributed by atoms with E-state index in [4.69, 9.17) is 16.0 Å². The van der Waals surface area contributed by atoms with Crippen LogP contribution >= 0.6 is 11.6 Å². The van der Waals surface area contributed by atoms with E-state index in [1.165, 1.54) is 24.9 Å². The lowest BCUT2D eigenvalue weighted by Gasteiger charge is -2.49. The van der Waals surface area contributed by atoms with Crippen molar-refractivity contribution in [3.8, 4) is 11.8 Å². The Morgan fingerprint density at radius 2 is 2.09 bits per heavy atom. The number of hydrogen-bond donors (Lipinski definition) is 0. The van der Waals surface area contributed by atoms with Crippen molar-refractivity contribution < 1.29 is 4.43 Å². The maximum absolute atomic E-state index is 6.45. The molecule has 0 aliphatic carbocycles. The molecule has 0 aromatic rings. The van der Waals surface area contributed by atoms with E-state index < -0.39 is 8.32 Å². The third-order valence-corrected chi connectivity index (χ3v) is 10.4. The van der Waals surface area contributed by atoms with Crippen molar-refractivity contribution in [2.24, 2.45) is 11.8 Å². The van der Waals surface area contributed by atoms with Crippen molar-refractivity contribution in [3.05, 3.63) is 11.6 Å². The topological polar surface area (TPSA) is 12.5 Å². The van der Waals surface area contributed by atoms with Crippen LogP contribution < -0.4 is 0 Å². The molecule has 0 spiro atoms. The smallest absolute Gasteiger partial charge is 0.192 e. The molecule has 0 radical (unpaired) electrons. The molecule has 3 heterocycles. The Labute approximate surface area is 142 Å². The monoisotopic (exact) mass is 339 g/mol. The van der Waals surface area contributed by atoms with Gasteiger partial charge in [-0.25, -0.2) is 0 Å². The first-order valence-corrected chi connectivity index (χ1v) is 11.7. The third kappa shape index (κ3) is 4.17. The Kier molecular flexibility index (Phi) is 5.82. The Hall–Kier alpha value is -0.273. The van der Waals surface area contributed by atoms with Gasteiger partial charge in [-0.2, -0.15) is 0 Å². The molecule has 4 atom stereocenters. The Balaban J connectivity index is 1.91. The Morgan fingerprint density at radius 3 is 2.64 bits per heavy atom. The molecular formula is C18H30ClNOSi. The van der Waals surface area contributed by atoms with Gasteiger partial charge in [-0.05, 0) is 49.5 Å². The normalized spacial score (nSPS) is 32.1. The summed E-state index contributed by atoms with van der Waals surface area (Å²) in [6, 6.07) is 0.592. The molecule has 3 aliphatic heterocycles. The lowest BCUT2D eigenvalue weighted by molar-refractivity contribution is -0.00120. The lowest BCUT2D eigenvalue weighted by Crippen LogP contribution is -2.56. The van der Waals surface area contributed by atoms with Crippen molar-refractivity contribution in [1.82, 2.24) is 4.90 Å². The van der Waals surface area contributed by atoms with Crippen LogP contribution in [0, 0.1) is 23.7 Å². The van der Waals surface area contributed by atoms with E-state index >= 15 is 0 Å². The van der Waals surface area contributed by atoms with E-state index in [1.807, 2.05) is 0 Å². The number of allylic oxidation sites excluding steroid dienone is 1. The molecule has 4 heteroatoms. The van der Waals surface area contributed by atoms with Gasteiger partial charge in [0.1, 0.15) is 0 Å². The van der Waals surface area contributed by atoms with Gasteiger partial charge in [0.2, 0.25) is 0 Å². The first-order chi connectivity index (χ1) is 10.2. The van der Waals surface area contributed by atoms with Crippen LogP contribution in [0.2, 0.25) is 18.1 Å². The first-order valence-electron chi connectivity index (χ1n) is 8.39. The summed E-state index contributed by atoms with van der Waals surface area (Å²) in [7, 11) is -1.64. The van der Waals surface area contributed by atoms with Crippen molar-refractivity contribution in [2.75, 3.05) is 19.7 Å². The number of piperidine rings is 3. The SMILES string of the molecule is CC(C)(C)[Si](C)(C)OC[C@H]1C[C@@H]2CCN1C[C@@H]2C#C/C=C\Cl. The van der Waals surface area contributed by atoms with Crippen LogP contribution in [-0.4, -0.2) is 39.0 Å². The predicted molar refractivity (Wildman–Crippen MR) is 97.5 cm³/mol. The first kappa shape index (κ1) is 18.1. The average molecular weight is 340 g/mol. The molecule has 0 aromatic carbocycles. The molecule has 0 amide bonds. The van der Waals surface area contributed by atoms with Crippen LogP contribution in [0.3, 0.4) is 0 Å². The summed E-state index contributed by atoms with van der Waals surface area (Å²) in [5.41, 5.74) is 1.49. The van der Waals surface area contributed by atoms with E-state index in [-0.39, 0.29) is 5.04 Å². The number of halogens is 1. The molecule has 1 unspecified atom stereocenters. The van der Waals surface area contributed by atoms with Crippen LogP contribution in [0.25, 0.3) is 0 Å². The van der Waals surface area contributed by atoms with Gasteiger partial charge in [-0.15, -0.1) is 0 Å². The second kappa shape index (κ2) is 7.09. The van der Waals surface area contributed by atoms with Crippen LogP contribution in [-0.2, 0) is 4.43 Å². The average Bonchev–Trinajstić information content (AvgIpc) is 2.45. The maximum atomic E-state index is 6.45. The summed E-state index contributed by atoms with van der Waals surface area (Å²) in [6.45, 7) is 14.8. The van der Waals surface area contributed by atoms with Gasteiger partial charge in [0.25, 0.3) is 0 Å². The molecule has 2 bridgehead atoms. The third-order valence-electron chi connectivity index (χ3n) is 5.74. The van der Waals surface area contributed by atoms with Gasteiger partial charge >= 0.3 is 0 Å². The highest BCUT2D eigenvalue weighted by molar-refractivity contribution is 6.74. The van der Waals surface area contributed by atoms with E-state index in [2.05, 4.69) is 50.6 Å². The summed E-state index contributed by atoms with van der Waals surface area (Å²) < 4.78 is 6.45. The quantitative estimate of drug-likeness (QED) is 0.555. The molecule has 0 saturated carbocycles. The number of hydrogen-bond acceptors (Lipinski definition) is 2. The zero-order valence-corrected chi connectivity index (χ0v) is 16.4. The van der Waals surface area contributed by atoms with Crippen molar-refractivity contribution in [3.63, 3.8) is 0 Å². The van der Waals surface area contributed by atoms with Crippen molar-refractivity contribution >= 4 is 19.9 Å². The zero-order valence-electron chi connectivity index (χ0n) is 14.7. The van der Waals surface area contributed by atoms with E-state index in [9.17, 15) is 0 Å². The predicted octanol–water partition coefficient (Wildman–Crippen LogP) is 4.47. The number of fused-ring (bicyclic) bond motifs is 3. The summed E-state index contributed by atoms with van der Waals surface area (Å²) in [5.74, 6) is 7.68. The molecule has 2 nitrogen and oxygen atoms in total. The molecule has 124 valence electrons. The van der Waals surface area contributed by atoms with Crippen LogP contribution in [0.1, 0.15) is 33.6 Å². The molecule has 3 saturated heterocycles. The molecule has 3 aliphatic rings. The fourth-order valence-electron chi connectivity index (χ4n) is 3.18. The van der Waals surface area contributed by atoms with Crippen molar-refractivity contribution in [2.45, 2.75) is 57.8 Å². The highest BCUT2D eigenvalue weighted by Crippen LogP contribution is 2.39. The Morgan fingerprint density at radius 1 is 1.36 bits per heavy atom. The van der Waals surface area contributed by atoms with Gasteiger partial charge in [0.15, 0.2) is 8.32 Å². The number of rotatable bonds is 3. The fraction of sp³-hybridized carbons (Fsp3) is 0.778. The standard InChI is InChI=1S/C18H30ClNOSi/c1-18(2,3)22(4,5)21-14-17-12-15-9-11-20(17)13-16(15)8-6-7-10-19/h7,10,15-17H,9,11-14H2,1-5H3/b10-7-/t15-,16-,17+/m0/s1. The lowest BCUT2D eigenvalue weighted by atomic mass is 9.76. The molecular weight excluding hydrogens is 310 g/mol. The zero-order chi connectivity index (χ0) is 16.4. The van der Waals surface area contributed by atoms with E-state index in [0.717, 1.165) is 19.1 Å². The van der Waals surface area contributed by atoms with E-state index in [1.54, 1.807) is 6.08 Å². The summed E-state index contributed by atoms with van der Waals surface area (Å²) in [4.78, 5) is 2.59. The van der Waals surface area contributed by atoms with Crippen LogP contribution in [0.15, 0.2) is 11.6 Å². The molecule has 3 rings (SSSR count). The van der Waals surface area contributed by atoms with Crippen molar-refractivity contribution in [1.29, 1.82) is 0 Å². The Bertz CT molecular complexity index is 472. The van der Waals surface area contributed by atoms with Crippen LogP contribution in [0.5, 0.6) is 0 Å². The summed E-state index contributed by atoms with van der Waals surface area (Å²) in [6.07, 6.45) is 4.25. The maximum Gasteiger partial charge on any atom is 0.192 e. The highest BCUT2D eigenvalue weighted by atomic mass is 35.5. The fourth-order valence-corrected chi connectivity index (χ4v) is 4.29. The highest BCUT2D eigenvalue weighted by Gasteiger charge is 2.42. The number of nitrogens with zero attached hydrogens (tertiary/aromatic N) is 1. The molecule has 0 aromatic heterocycles. The minimum absolute atomic E-state index is 0.290. The second-order valence-corrected chi connectivity index (χ2v) is 13.3. The van der Waals surface area contributed by atoms with Gasteiger partial charge in [0, 0.05) is 30.6 Å². The summed E-state index contributed by atoms with van der Waals surface area (Å²) >= 11 is 5.54. The molecule has 3 fully saturated rings. The van der Waals surface area contributed by atoms with Crippen LogP contribution in [0.4, 0.5) is 0 Å². The molecule has 22 heavy (non-hydrogen) atoms. The van der Waals surface area contributed by atoms with Gasteiger partial charge in [-0.1, -0.05) is 44.2 Å². The largest absolute Gasteiger partial charge is 0.415 e. The van der Waals surface area contributed by atoms with Gasteiger partial charge in [-0.3, -0.25) is 4.90 Å². The summed E-state index contributed by atoms with van der Waals surface area (Å²) in [5, 5.41) is 0.290. The second-order valence-electron chi connectivity index (χ2n) is 8.19. The minimum Gasteiger partial charge on any atom is -0.415 e. The van der Waals surface area contributed by atoms with E-state index in [0.29, 0.717) is 12.0 Å².